The molecule has 0 amide bonds. The average Bonchev–Trinajstić information content (AvgIpc) is 2.91. The van der Waals surface area contributed by atoms with Gasteiger partial charge in [-0.15, -0.1) is 0 Å². The van der Waals surface area contributed by atoms with Crippen molar-refractivity contribution in [1.29, 1.82) is 0 Å². The van der Waals surface area contributed by atoms with E-state index in [1.807, 2.05) is 37.8 Å². The summed E-state index contributed by atoms with van der Waals surface area (Å²) in [6, 6.07) is 7.20. The number of carboxylic acid groups (broad SMARTS) is 1. The first-order valence-electron chi connectivity index (χ1n) is 14.8. The molecule has 1 aliphatic rings. The third-order valence-corrected chi connectivity index (χ3v) is 24.3. The number of nitrogens with zero attached hydrogens (tertiary/aromatic N) is 3. The van der Waals surface area contributed by atoms with Crippen LogP contribution in [-0.4, -0.2) is 69.4 Å². The third kappa shape index (κ3) is 6.43. The standard InChI is InChI=1S/C18H21N4O4.3C4H9.Sn/c1-17(2,3)21-9-8-19-11-18(21,16(23)24)15-7-4-12-10-13(22(25)26)5-6-14(12)20-15;3*1-3-4-2;/h4-7,19H,8-9,11H2,1-3H3,(H,23,24);3*1,3-4H2,2H3;. The number of nitro groups is 1. The molecule has 3 rings (SSSR count). The van der Waals surface area contributed by atoms with Crippen LogP contribution in [0.2, 0.25) is 13.3 Å². The molecule has 1 aromatic heterocycles. The summed E-state index contributed by atoms with van der Waals surface area (Å²) in [6.45, 7) is 14.3. The monoisotopic (exact) mass is 648 g/mol. The van der Waals surface area contributed by atoms with Gasteiger partial charge in [0.2, 0.25) is 0 Å². The topological polar surface area (TPSA) is 109 Å². The number of pyridine rings is 1. The Morgan fingerprint density at radius 2 is 1.67 bits per heavy atom. The molecular formula is C30H48N4O4Sn. The van der Waals surface area contributed by atoms with E-state index in [2.05, 4.69) is 26.1 Å². The number of aromatic nitrogens is 1. The van der Waals surface area contributed by atoms with Crippen LogP contribution in [0.25, 0.3) is 10.9 Å². The number of rotatable bonds is 13. The normalized spacial score (nSPS) is 18.9. The van der Waals surface area contributed by atoms with Crippen molar-refractivity contribution in [2.75, 3.05) is 19.6 Å². The second-order valence-corrected chi connectivity index (χ2v) is 25.3. The summed E-state index contributed by atoms with van der Waals surface area (Å²) < 4.78 is 4.31. The summed E-state index contributed by atoms with van der Waals surface area (Å²) >= 11 is -3.27. The van der Waals surface area contributed by atoms with Gasteiger partial charge in [0, 0.05) is 0 Å². The first-order valence-corrected chi connectivity index (χ1v) is 22.3. The molecule has 1 atom stereocenters. The van der Waals surface area contributed by atoms with Crippen molar-refractivity contribution in [3.63, 3.8) is 0 Å². The van der Waals surface area contributed by atoms with Crippen LogP contribution in [0.1, 0.15) is 85.8 Å². The SMILES string of the molecule is CCC[CH2][Sn]([CH2]CCC)([CH2]CCC)[c]1c([N+](=O)[O-])ccc2nc(C3(C(=O)O)CNCCN3C(C)(C)C)ccc12. The molecule has 1 aromatic carbocycles. The van der Waals surface area contributed by atoms with Crippen LogP contribution in [0.15, 0.2) is 24.3 Å². The Labute approximate surface area is 238 Å². The quantitative estimate of drug-likeness (QED) is 0.152. The van der Waals surface area contributed by atoms with E-state index in [1.54, 1.807) is 12.1 Å². The molecule has 1 fully saturated rings. The molecule has 2 aromatic rings. The minimum absolute atomic E-state index is 0.191. The van der Waals surface area contributed by atoms with E-state index in [4.69, 9.17) is 4.98 Å². The Balaban J connectivity index is 2.33. The van der Waals surface area contributed by atoms with Gasteiger partial charge in [0.25, 0.3) is 0 Å². The van der Waals surface area contributed by atoms with Crippen LogP contribution in [0.4, 0.5) is 5.69 Å². The van der Waals surface area contributed by atoms with E-state index < -0.39 is 29.9 Å². The fraction of sp³-hybridized carbons (Fsp3) is 0.667. The number of nitrogens with one attached hydrogen (secondary N) is 1. The second-order valence-electron chi connectivity index (χ2n) is 12.2. The zero-order chi connectivity index (χ0) is 28.8. The van der Waals surface area contributed by atoms with Gasteiger partial charge >= 0.3 is 239 Å². The number of unbranched alkanes of at least 4 members (excludes halogenated alkanes) is 3. The Kier molecular flexibility index (Phi) is 10.8. The second kappa shape index (κ2) is 13.3. The molecule has 0 radical (unpaired) electrons. The fourth-order valence-electron chi connectivity index (χ4n) is 6.61. The number of carbonyl (C=O) groups is 1. The number of carboxylic acids is 1. The predicted molar refractivity (Wildman–Crippen MR) is 162 cm³/mol. The van der Waals surface area contributed by atoms with E-state index in [1.165, 1.54) is 0 Å². The van der Waals surface area contributed by atoms with Gasteiger partial charge in [-0.25, -0.2) is 0 Å². The number of nitro benzene ring substituents is 1. The molecule has 0 aliphatic carbocycles. The van der Waals surface area contributed by atoms with Crippen molar-refractivity contribution in [2.24, 2.45) is 0 Å². The first kappa shape index (κ1) is 31.7. The first-order chi connectivity index (χ1) is 18.5. The number of piperazine rings is 1. The van der Waals surface area contributed by atoms with E-state index >= 15 is 0 Å². The Morgan fingerprint density at radius 3 is 2.15 bits per heavy atom. The molecule has 0 bridgehead atoms. The van der Waals surface area contributed by atoms with Crippen LogP contribution < -0.4 is 8.90 Å². The average molecular weight is 647 g/mol. The summed E-state index contributed by atoms with van der Waals surface area (Å²) in [4.78, 5) is 32.3. The molecule has 39 heavy (non-hydrogen) atoms. The van der Waals surface area contributed by atoms with Gasteiger partial charge in [-0.05, 0) is 0 Å². The summed E-state index contributed by atoms with van der Waals surface area (Å²) in [6.07, 6.45) is 6.52. The van der Waals surface area contributed by atoms with Crippen molar-refractivity contribution in [3.8, 4) is 0 Å². The van der Waals surface area contributed by atoms with Crippen molar-refractivity contribution in [2.45, 2.75) is 104 Å². The molecule has 8 nitrogen and oxygen atoms in total. The molecule has 1 unspecified atom stereocenters. The van der Waals surface area contributed by atoms with Gasteiger partial charge < -0.3 is 0 Å². The van der Waals surface area contributed by atoms with Gasteiger partial charge in [0.15, 0.2) is 0 Å². The van der Waals surface area contributed by atoms with Crippen LogP contribution in [0, 0.1) is 10.1 Å². The minimum atomic E-state index is -3.27. The van der Waals surface area contributed by atoms with E-state index in [0.717, 1.165) is 60.8 Å². The van der Waals surface area contributed by atoms with Crippen LogP contribution in [-0.2, 0) is 10.3 Å². The van der Waals surface area contributed by atoms with Crippen LogP contribution >= 0.6 is 0 Å². The van der Waals surface area contributed by atoms with E-state index in [0.29, 0.717) is 24.3 Å². The van der Waals surface area contributed by atoms with Gasteiger partial charge in [-0.2, -0.15) is 0 Å². The molecule has 1 saturated heterocycles. The molecule has 9 heteroatoms. The summed E-state index contributed by atoms with van der Waals surface area (Å²) in [5.41, 5.74) is -0.289. The third-order valence-electron chi connectivity index (χ3n) is 8.54. The van der Waals surface area contributed by atoms with Crippen molar-refractivity contribution >= 4 is 44.5 Å². The summed E-state index contributed by atoms with van der Waals surface area (Å²) in [7, 11) is 0. The molecule has 2 N–H and O–H groups in total. The summed E-state index contributed by atoms with van der Waals surface area (Å²) in [5.74, 6) is -0.930. The Morgan fingerprint density at radius 1 is 1.08 bits per heavy atom. The number of hydrogen-bond acceptors (Lipinski definition) is 6. The zero-order valence-electron chi connectivity index (χ0n) is 24.8. The van der Waals surface area contributed by atoms with Crippen molar-refractivity contribution in [3.05, 3.63) is 40.1 Å². The Hall–Kier alpha value is -1.78. The van der Waals surface area contributed by atoms with Crippen molar-refractivity contribution < 1.29 is 14.8 Å². The molecular weight excluding hydrogens is 599 g/mol. The Bertz CT molecular complexity index is 1140. The maximum absolute atomic E-state index is 13.0. The number of hydrogen-bond donors (Lipinski definition) is 2. The van der Waals surface area contributed by atoms with Gasteiger partial charge in [-0.3, -0.25) is 0 Å². The predicted octanol–water partition coefficient (Wildman–Crippen LogP) is 6.18. The fourth-order valence-corrected chi connectivity index (χ4v) is 24.0. The molecule has 2 heterocycles. The van der Waals surface area contributed by atoms with Gasteiger partial charge in [-0.1, -0.05) is 0 Å². The molecule has 0 saturated carbocycles. The number of fused-ring (bicyclic) bond motifs is 1. The van der Waals surface area contributed by atoms with Crippen molar-refractivity contribution in [1.82, 2.24) is 15.2 Å². The molecule has 216 valence electrons. The molecule has 1 aliphatic heterocycles. The van der Waals surface area contributed by atoms with Gasteiger partial charge in [0.1, 0.15) is 0 Å². The maximum atomic E-state index is 13.0. The van der Waals surface area contributed by atoms with Crippen LogP contribution in [0.3, 0.4) is 0 Å². The van der Waals surface area contributed by atoms with Crippen LogP contribution in [0.5, 0.6) is 0 Å². The van der Waals surface area contributed by atoms with E-state index in [9.17, 15) is 20.0 Å². The number of aliphatic carboxylic acids is 1. The van der Waals surface area contributed by atoms with E-state index in [-0.39, 0.29) is 22.7 Å². The number of benzene rings is 1. The molecule has 0 spiro atoms. The zero-order valence-corrected chi connectivity index (χ0v) is 27.7. The summed E-state index contributed by atoms with van der Waals surface area (Å²) in [5, 5.41) is 27.3. The van der Waals surface area contributed by atoms with Gasteiger partial charge in [0.05, 0.1) is 0 Å².